The van der Waals surface area contributed by atoms with E-state index in [4.69, 9.17) is 0 Å². The van der Waals surface area contributed by atoms with Crippen molar-refractivity contribution in [3.8, 4) is 0 Å². The lowest BCUT2D eigenvalue weighted by atomic mass is 9.62. The molecule has 2 saturated carbocycles. The van der Waals surface area contributed by atoms with Gasteiger partial charge in [0.15, 0.2) is 0 Å². The molecule has 0 unspecified atom stereocenters. The topological polar surface area (TPSA) is 0 Å². The van der Waals surface area contributed by atoms with Crippen molar-refractivity contribution in [2.45, 2.75) is 123 Å². The molecule has 2 aliphatic rings. The van der Waals surface area contributed by atoms with Crippen LogP contribution in [0.1, 0.15) is 123 Å². The summed E-state index contributed by atoms with van der Waals surface area (Å²) in [4.78, 5) is 0. The van der Waals surface area contributed by atoms with Crippen molar-refractivity contribution in [2.24, 2.45) is 17.3 Å². The van der Waals surface area contributed by atoms with Gasteiger partial charge in [-0.1, -0.05) is 84.5 Å². The zero-order valence-corrected chi connectivity index (χ0v) is 15.7. The van der Waals surface area contributed by atoms with E-state index in [1.54, 1.807) is 44.9 Å². The maximum atomic E-state index is 2.41. The Bertz CT molecular complexity index is 266. The highest BCUT2D eigenvalue weighted by atomic mass is 14.4. The second-order valence-corrected chi connectivity index (χ2v) is 8.65. The molecule has 0 aromatic rings. The molecule has 0 bridgehead atoms. The van der Waals surface area contributed by atoms with E-state index in [1.807, 2.05) is 0 Å². The maximum absolute atomic E-state index is 2.41. The zero-order valence-electron chi connectivity index (χ0n) is 15.7. The molecule has 0 aromatic carbocycles. The lowest BCUT2D eigenvalue weighted by Crippen LogP contribution is -2.31. The van der Waals surface area contributed by atoms with Gasteiger partial charge >= 0.3 is 0 Å². The van der Waals surface area contributed by atoms with Crippen LogP contribution in [-0.2, 0) is 0 Å². The molecule has 0 atom stereocenters. The van der Waals surface area contributed by atoms with Crippen LogP contribution in [-0.4, -0.2) is 0 Å². The van der Waals surface area contributed by atoms with Crippen molar-refractivity contribution >= 4 is 0 Å². The molecule has 0 saturated heterocycles. The van der Waals surface area contributed by atoms with Gasteiger partial charge in [-0.2, -0.15) is 0 Å². The third kappa shape index (κ3) is 5.57. The van der Waals surface area contributed by atoms with Crippen LogP contribution < -0.4 is 0 Å². The number of hydrogen-bond donors (Lipinski definition) is 0. The van der Waals surface area contributed by atoms with Crippen molar-refractivity contribution < 1.29 is 0 Å². The Morgan fingerprint density at radius 1 is 0.636 bits per heavy atom. The van der Waals surface area contributed by atoms with Crippen LogP contribution >= 0.6 is 0 Å². The first kappa shape index (κ1) is 18.3. The van der Waals surface area contributed by atoms with Crippen LogP contribution in [0.2, 0.25) is 0 Å². The molecule has 0 spiro atoms. The van der Waals surface area contributed by atoms with Gasteiger partial charge in [-0.3, -0.25) is 0 Å². The SMILES string of the molecule is CCCCCCCC1(CCC)CCC(C2CCCCC2)CC1. The van der Waals surface area contributed by atoms with E-state index in [0.29, 0.717) is 0 Å². The highest BCUT2D eigenvalue weighted by Gasteiger charge is 2.36. The maximum Gasteiger partial charge on any atom is -0.0297 e. The summed E-state index contributed by atoms with van der Waals surface area (Å²) in [5.74, 6) is 2.21. The molecular weight excluding hydrogens is 264 g/mol. The Kier molecular flexibility index (Phi) is 8.33. The molecule has 0 aliphatic heterocycles. The lowest BCUT2D eigenvalue weighted by molar-refractivity contribution is 0.0827. The van der Waals surface area contributed by atoms with Crippen molar-refractivity contribution in [2.75, 3.05) is 0 Å². The summed E-state index contributed by atoms with van der Waals surface area (Å²) in [6, 6.07) is 0. The van der Waals surface area contributed by atoms with E-state index in [1.165, 1.54) is 64.2 Å². The Labute approximate surface area is 140 Å². The van der Waals surface area contributed by atoms with Gasteiger partial charge in [-0.25, -0.2) is 0 Å². The molecule has 2 rings (SSSR count). The summed E-state index contributed by atoms with van der Waals surface area (Å²) in [7, 11) is 0. The third-order valence-electron chi connectivity index (χ3n) is 7.00. The van der Waals surface area contributed by atoms with Gasteiger partial charge in [0.05, 0.1) is 0 Å². The minimum Gasteiger partial charge on any atom is -0.0654 e. The van der Waals surface area contributed by atoms with Gasteiger partial charge in [-0.05, 0) is 55.8 Å². The normalized spacial score (nSPS) is 30.5. The minimum atomic E-state index is 0.756. The Morgan fingerprint density at radius 3 is 1.91 bits per heavy atom. The molecule has 0 heteroatoms. The summed E-state index contributed by atoms with van der Waals surface area (Å²) in [6.07, 6.45) is 25.7. The molecule has 0 N–H and O–H groups in total. The highest BCUT2D eigenvalue weighted by Crippen LogP contribution is 2.49. The van der Waals surface area contributed by atoms with Gasteiger partial charge < -0.3 is 0 Å². The van der Waals surface area contributed by atoms with E-state index in [-0.39, 0.29) is 0 Å². The van der Waals surface area contributed by atoms with Gasteiger partial charge in [0, 0.05) is 0 Å². The predicted octanol–water partition coefficient (Wildman–Crippen LogP) is 7.90. The summed E-state index contributed by atoms with van der Waals surface area (Å²) in [5.41, 5.74) is 0.756. The summed E-state index contributed by atoms with van der Waals surface area (Å²) in [6.45, 7) is 4.73. The molecule has 2 fully saturated rings. The molecule has 0 nitrogen and oxygen atoms in total. The van der Waals surface area contributed by atoms with E-state index >= 15 is 0 Å². The van der Waals surface area contributed by atoms with Crippen LogP contribution in [0.5, 0.6) is 0 Å². The largest absolute Gasteiger partial charge is 0.0654 e. The minimum absolute atomic E-state index is 0.756. The van der Waals surface area contributed by atoms with Gasteiger partial charge in [0.2, 0.25) is 0 Å². The standard InChI is InChI=1S/C22H42/c1-3-5-6-7-11-17-22(16-4-2)18-14-21(15-19-22)20-12-9-8-10-13-20/h20-21H,3-19H2,1-2H3. The van der Waals surface area contributed by atoms with E-state index in [9.17, 15) is 0 Å². The summed E-state index contributed by atoms with van der Waals surface area (Å²) < 4.78 is 0. The monoisotopic (exact) mass is 306 g/mol. The first-order valence-corrected chi connectivity index (χ1v) is 10.8. The zero-order chi connectivity index (χ0) is 15.7. The second kappa shape index (κ2) is 9.99. The molecule has 22 heavy (non-hydrogen) atoms. The first-order valence-electron chi connectivity index (χ1n) is 10.8. The molecule has 0 radical (unpaired) electrons. The first-order chi connectivity index (χ1) is 10.8. The predicted molar refractivity (Wildman–Crippen MR) is 99.3 cm³/mol. The van der Waals surface area contributed by atoms with E-state index in [2.05, 4.69) is 13.8 Å². The molecule has 0 heterocycles. The van der Waals surface area contributed by atoms with Crippen molar-refractivity contribution in [3.05, 3.63) is 0 Å². The Balaban J connectivity index is 1.75. The van der Waals surface area contributed by atoms with E-state index < -0.39 is 0 Å². The van der Waals surface area contributed by atoms with Crippen molar-refractivity contribution in [3.63, 3.8) is 0 Å². The van der Waals surface area contributed by atoms with Crippen LogP contribution in [0.3, 0.4) is 0 Å². The van der Waals surface area contributed by atoms with Gasteiger partial charge in [-0.15, -0.1) is 0 Å². The number of hydrogen-bond acceptors (Lipinski definition) is 0. The van der Waals surface area contributed by atoms with Crippen LogP contribution in [0.25, 0.3) is 0 Å². The molecule has 130 valence electrons. The van der Waals surface area contributed by atoms with E-state index in [0.717, 1.165) is 17.3 Å². The fourth-order valence-corrected chi connectivity index (χ4v) is 5.59. The van der Waals surface area contributed by atoms with Crippen molar-refractivity contribution in [1.82, 2.24) is 0 Å². The molecule has 0 amide bonds. The molecule has 2 aliphatic carbocycles. The summed E-state index contributed by atoms with van der Waals surface area (Å²) in [5, 5.41) is 0. The quantitative estimate of drug-likeness (QED) is 0.380. The third-order valence-corrected chi connectivity index (χ3v) is 7.00. The smallest absolute Gasteiger partial charge is 0.0297 e. The fourth-order valence-electron chi connectivity index (χ4n) is 5.59. The Hall–Kier alpha value is 0. The average molecular weight is 307 g/mol. The lowest BCUT2D eigenvalue weighted by Gasteiger charge is -2.43. The van der Waals surface area contributed by atoms with Gasteiger partial charge in [0.1, 0.15) is 0 Å². The van der Waals surface area contributed by atoms with Gasteiger partial charge in [0.25, 0.3) is 0 Å². The molecule has 0 aromatic heterocycles. The van der Waals surface area contributed by atoms with Crippen LogP contribution in [0, 0.1) is 17.3 Å². The number of rotatable bonds is 9. The second-order valence-electron chi connectivity index (χ2n) is 8.65. The summed E-state index contributed by atoms with van der Waals surface area (Å²) >= 11 is 0. The van der Waals surface area contributed by atoms with Crippen LogP contribution in [0.15, 0.2) is 0 Å². The highest BCUT2D eigenvalue weighted by molar-refractivity contribution is 4.88. The fraction of sp³-hybridized carbons (Fsp3) is 1.00. The van der Waals surface area contributed by atoms with Crippen LogP contribution in [0.4, 0.5) is 0 Å². The number of unbranched alkanes of at least 4 members (excludes halogenated alkanes) is 4. The Morgan fingerprint density at radius 2 is 1.27 bits per heavy atom. The average Bonchev–Trinajstić information content (AvgIpc) is 2.56. The van der Waals surface area contributed by atoms with Crippen molar-refractivity contribution in [1.29, 1.82) is 0 Å². The molecular formula is C22H42.